The molecule has 0 radical (unpaired) electrons. The molecule has 19 heavy (non-hydrogen) atoms. The Morgan fingerprint density at radius 2 is 2.11 bits per heavy atom. The first-order chi connectivity index (χ1) is 9.25. The molecule has 1 aromatic heterocycles. The second-order valence-electron chi connectivity index (χ2n) is 4.17. The summed E-state index contributed by atoms with van der Waals surface area (Å²) in [4.78, 5) is 15.9. The van der Waals surface area contributed by atoms with Gasteiger partial charge in [-0.2, -0.15) is 0 Å². The maximum Gasteiger partial charge on any atom is 0.303 e. The van der Waals surface area contributed by atoms with E-state index in [2.05, 4.69) is 10.3 Å². The molecule has 0 unspecified atom stereocenters. The van der Waals surface area contributed by atoms with E-state index < -0.39 is 5.97 Å². The Bertz CT molecular complexity index is 525. The fourth-order valence-electron chi connectivity index (χ4n) is 1.68. The van der Waals surface area contributed by atoms with Crippen molar-refractivity contribution in [2.24, 2.45) is 0 Å². The first kappa shape index (κ1) is 13.7. The van der Waals surface area contributed by atoms with Crippen molar-refractivity contribution in [2.75, 3.05) is 6.54 Å². The number of aromatic nitrogens is 1. The van der Waals surface area contributed by atoms with Crippen LogP contribution in [0.1, 0.15) is 17.7 Å². The van der Waals surface area contributed by atoms with Crippen LogP contribution in [0, 0.1) is 0 Å². The molecule has 2 aromatic rings. The van der Waals surface area contributed by atoms with Crippen LogP contribution >= 0.6 is 11.3 Å². The molecule has 1 aromatic carbocycles. The van der Waals surface area contributed by atoms with E-state index in [1.807, 2.05) is 36.5 Å². The predicted octanol–water partition coefficient (Wildman–Crippen LogP) is 2.76. The van der Waals surface area contributed by atoms with E-state index in [9.17, 15) is 4.79 Å². The van der Waals surface area contributed by atoms with E-state index in [0.29, 0.717) is 13.0 Å². The lowest BCUT2D eigenvalue weighted by Crippen LogP contribution is -2.14. The van der Waals surface area contributed by atoms with Crippen molar-refractivity contribution in [3.63, 3.8) is 0 Å². The summed E-state index contributed by atoms with van der Waals surface area (Å²) in [5, 5.41) is 12.8. The van der Waals surface area contributed by atoms with E-state index in [1.54, 1.807) is 11.3 Å². The maximum atomic E-state index is 10.4. The molecule has 0 aliphatic heterocycles. The number of nitrogens with zero attached hydrogens (tertiary/aromatic N) is 1. The molecule has 0 atom stereocenters. The molecule has 0 bridgehead atoms. The van der Waals surface area contributed by atoms with Gasteiger partial charge in [-0.1, -0.05) is 30.3 Å². The molecular weight excluding hydrogens is 260 g/mol. The van der Waals surface area contributed by atoms with Crippen LogP contribution < -0.4 is 5.32 Å². The smallest absolute Gasteiger partial charge is 0.303 e. The zero-order chi connectivity index (χ0) is 13.5. The lowest BCUT2D eigenvalue weighted by atomic mass is 10.2. The molecule has 100 valence electrons. The number of benzene rings is 1. The molecule has 4 nitrogen and oxygen atoms in total. The van der Waals surface area contributed by atoms with Gasteiger partial charge in [-0.05, 0) is 13.0 Å². The predicted molar refractivity (Wildman–Crippen MR) is 76.1 cm³/mol. The highest BCUT2D eigenvalue weighted by molar-refractivity contribution is 7.15. The SMILES string of the molecule is O=C(O)CCCNCc1cnc(-c2ccccc2)s1. The normalized spacial score (nSPS) is 10.5. The van der Waals surface area contributed by atoms with Crippen LogP contribution in [0.5, 0.6) is 0 Å². The fraction of sp³-hybridized carbons (Fsp3) is 0.286. The fourth-order valence-corrected chi connectivity index (χ4v) is 2.57. The number of rotatable bonds is 7. The van der Waals surface area contributed by atoms with Gasteiger partial charge in [0.25, 0.3) is 0 Å². The van der Waals surface area contributed by atoms with Crippen LogP contribution in [0.3, 0.4) is 0 Å². The number of carbonyl (C=O) groups is 1. The van der Waals surface area contributed by atoms with Gasteiger partial charge in [0.05, 0.1) is 0 Å². The van der Waals surface area contributed by atoms with Crippen molar-refractivity contribution >= 4 is 17.3 Å². The van der Waals surface area contributed by atoms with E-state index in [4.69, 9.17) is 5.11 Å². The topological polar surface area (TPSA) is 62.2 Å². The summed E-state index contributed by atoms with van der Waals surface area (Å²) in [7, 11) is 0. The van der Waals surface area contributed by atoms with Gasteiger partial charge >= 0.3 is 5.97 Å². The highest BCUT2D eigenvalue weighted by Crippen LogP contribution is 2.24. The van der Waals surface area contributed by atoms with Crippen LogP contribution in [0.2, 0.25) is 0 Å². The highest BCUT2D eigenvalue weighted by Gasteiger charge is 2.04. The molecule has 0 saturated heterocycles. The molecule has 0 saturated carbocycles. The molecule has 0 spiro atoms. The minimum absolute atomic E-state index is 0.213. The second-order valence-corrected chi connectivity index (χ2v) is 5.29. The monoisotopic (exact) mass is 276 g/mol. The Balaban J connectivity index is 1.80. The zero-order valence-electron chi connectivity index (χ0n) is 10.5. The summed E-state index contributed by atoms with van der Waals surface area (Å²) >= 11 is 1.66. The van der Waals surface area contributed by atoms with Crippen LogP contribution in [-0.4, -0.2) is 22.6 Å². The second kappa shape index (κ2) is 7.01. The number of hydrogen-bond acceptors (Lipinski definition) is 4. The average molecular weight is 276 g/mol. The summed E-state index contributed by atoms with van der Waals surface area (Å²) in [5.74, 6) is -0.744. The summed E-state index contributed by atoms with van der Waals surface area (Å²) < 4.78 is 0. The third kappa shape index (κ3) is 4.46. The largest absolute Gasteiger partial charge is 0.481 e. The number of carboxylic acids is 1. The van der Waals surface area contributed by atoms with E-state index >= 15 is 0 Å². The van der Waals surface area contributed by atoms with Gasteiger partial charge < -0.3 is 10.4 Å². The summed E-state index contributed by atoms with van der Waals surface area (Å²) in [6.45, 7) is 1.45. The molecular formula is C14H16N2O2S. The van der Waals surface area contributed by atoms with Crippen molar-refractivity contribution in [1.29, 1.82) is 0 Å². The molecule has 5 heteroatoms. The number of thiazole rings is 1. The first-order valence-electron chi connectivity index (χ1n) is 6.18. The molecule has 0 amide bonds. The minimum atomic E-state index is -0.744. The minimum Gasteiger partial charge on any atom is -0.481 e. The Morgan fingerprint density at radius 1 is 1.32 bits per heavy atom. The van der Waals surface area contributed by atoms with Crippen molar-refractivity contribution in [1.82, 2.24) is 10.3 Å². The number of aliphatic carboxylic acids is 1. The van der Waals surface area contributed by atoms with Gasteiger partial charge in [0.2, 0.25) is 0 Å². The van der Waals surface area contributed by atoms with E-state index in [-0.39, 0.29) is 6.42 Å². The number of carboxylic acid groups (broad SMARTS) is 1. The van der Waals surface area contributed by atoms with Crippen LogP contribution in [-0.2, 0) is 11.3 Å². The number of nitrogens with one attached hydrogen (secondary N) is 1. The Morgan fingerprint density at radius 3 is 2.84 bits per heavy atom. The van der Waals surface area contributed by atoms with Crippen molar-refractivity contribution in [3.8, 4) is 10.6 Å². The van der Waals surface area contributed by atoms with Crippen molar-refractivity contribution < 1.29 is 9.90 Å². The van der Waals surface area contributed by atoms with E-state index in [1.165, 1.54) is 0 Å². The van der Waals surface area contributed by atoms with Crippen molar-refractivity contribution in [3.05, 3.63) is 41.4 Å². The summed E-state index contributed by atoms with van der Waals surface area (Å²) in [5.41, 5.74) is 1.13. The Hall–Kier alpha value is -1.72. The van der Waals surface area contributed by atoms with Gasteiger partial charge in [0.1, 0.15) is 5.01 Å². The summed E-state index contributed by atoms with van der Waals surface area (Å²) in [6, 6.07) is 10.1. The van der Waals surface area contributed by atoms with Crippen LogP contribution in [0.25, 0.3) is 10.6 Å². The summed E-state index contributed by atoms with van der Waals surface area (Å²) in [6.07, 6.45) is 2.74. The standard InChI is InChI=1S/C14H16N2O2S/c17-13(18)7-4-8-15-9-12-10-16-14(19-12)11-5-2-1-3-6-11/h1-3,5-6,10,15H,4,7-9H2,(H,17,18). The first-order valence-corrected chi connectivity index (χ1v) is 7.00. The Kier molecular flexibility index (Phi) is 5.06. The molecule has 2 rings (SSSR count). The lowest BCUT2D eigenvalue weighted by Gasteiger charge is -2.00. The molecule has 0 aliphatic carbocycles. The third-order valence-corrected chi connectivity index (χ3v) is 3.66. The zero-order valence-corrected chi connectivity index (χ0v) is 11.3. The molecule has 2 N–H and O–H groups in total. The number of hydrogen-bond donors (Lipinski definition) is 2. The van der Waals surface area contributed by atoms with Gasteiger partial charge in [-0.15, -0.1) is 11.3 Å². The van der Waals surface area contributed by atoms with Crippen molar-refractivity contribution in [2.45, 2.75) is 19.4 Å². The van der Waals surface area contributed by atoms with Crippen LogP contribution in [0.15, 0.2) is 36.5 Å². The van der Waals surface area contributed by atoms with Crippen LogP contribution in [0.4, 0.5) is 0 Å². The van der Waals surface area contributed by atoms with Gasteiger partial charge in [-0.3, -0.25) is 4.79 Å². The molecule has 0 fully saturated rings. The van der Waals surface area contributed by atoms with Gasteiger partial charge in [0, 0.05) is 29.6 Å². The lowest BCUT2D eigenvalue weighted by molar-refractivity contribution is -0.137. The highest BCUT2D eigenvalue weighted by atomic mass is 32.1. The van der Waals surface area contributed by atoms with Gasteiger partial charge in [-0.25, -0.2) is 4.98 Å². The molecule has 1 heterocycles. The van der Waals surface area contributed by atoms with E-state index in [0.717, 1.165) is 22.0 Å². The molecule has 0 aliphatic rings. The average Bonchev–Trinajstić information content (AvgIpc) is 2.88. The Labute approximate surface area is 116 Å². The van der Waals surface area contributed by atoms with Gasteiger partial charge in [0.15, 0.2) is 0 Å². The maximum absolute atomic E-state index is 10.4. The quantitative estimate of drug-likeness (QED) is 0.763. The third-order valence-electron chi connectivity index (χ3n) is 2.62.